The molecule has 0 heterocycles. The van der Waals surface area contributed by atoms with Gasteiger partial charge in [0.15, 0.2) is 0 Å². The van der Waals surface area contributed by atoms with E-state index < -0.39 is 15.9 Å². The van der Waals surface area contributed by atoms with Gasteiger partial charge in [0.25, 0.3) is 5.91 Å². The Bertz CT molecular complexity index is 899. The third-order valence-corrected chi connectivity index (χ3v) is 4.41. The van der Waals surface area contributed by atoms with E-state index in [2.05, 4.69) is 0 Å². The number of hydrogen-bond acceptors (Lipinski definition) is 5. The number of halogens is 2. The van der Waals surface area contributed by atoms with E-state index in [0.29, 0.717) is 27.1 Å². The van der Waals surface area contributed by atoms with Gasteiger partial charge in [-0.15, -0.1) is 0 Å². The Labute approximate surface area is 155 Å². The van der Waals surface area contributed by atoms with Crippen molar-refractivity contribution in [2.45, 2.75) is 6.61 Å². The van der Waals surface area contributed by atoms with E-state index in [4.69, 9.17) is 32.7 Å². The molecule has 2 aromatic rings. The second kappa shape index (κ2) is 7.95. The highest BCUT2D eigenvalue weighted by Gasteiger charge is 2.14. The molecule has 2 aromatic carbocycles. The van der Waals surface area contributed by atoms with Gasteiger partial charge in [0.2, 0.25) is 10.0 Å². The highest BCUT2D eigenvalue weighted by Crippen LogP contribution is 2.28. The molecular formula is C16H15Cl2NO5S. The van der Waals surface area contributed by atoms with Crippen LogP contribution in [-0.4, -0.2) is 27.7 Å². The fraction of sp³-hybridized carbons (Fsp3) is 0.188. The summed E-state index contributed by atoms with van der Waals surface area (Å²) < 4.78 is 35.1. The second-order valence-electron chi connectivity index (χ2n) is 5.09. The van der Waals surface area contributed by atoms with E-state index in [1.165, 1.54) is 19.2 Å². The lowest BCUT2D eigenvalue weighted by Gasteiger charge is -2.12. The molecule has 0 aliphatic heterocycles. The molecule has 0 bridgehead atoms. The van der Waals surface area contributed by atoms with Gasteiger partial charge in [0, 0.05) is 17.2 Å². The zero-order valence-electron chi connectivity index (χ0n) is 13.4. The monoisotopic (exact) mass is 403 g/mol. The number of rotatable bonds is 6. The molecule has 6 nitrogen and oxygen atoms in total. The number of methoxy groups -OCH3 is 1. The van der Waals surface area contributed by atoms with Gasteiger partial charge in [-0.05, 0) is 24.3 Å². The largest absolute Gasteiger partial charge is 0.496 e. The third-order valence-electron chi connectivity index (χ3n) is 3.11. The SMILES string of the molecule is COc1cc(C(=O)NS(C)(=O)=O)ccc1COc1ccc(Cl)c(Cl)c1. The molecule has 0 radical (unpaired) electrons. The van der Waals surface area contributed by atoms with Crippen molar-refractivity contribution in [2.75, 3.05) is 13.4 Å². The van der Waals surface area contributed by atoms with Gasteiger partial charge < -0.3 is 9.47 Å². The van der Waals surface area contributed by atoms with E-state index in [1.54, 1.807) is 24.3 Å². The van der Waals surface area contributed by atoms with Gasteiger partial charge in [-0.2, -0.15) is 0 Å². The first kappa shape index (κ1) is 19.4. The standard InChI is InChI=1S/C16H15Cl2NO5S/c1-23-15-7-10(16(20)19-25(2,21)22)3-4-11(15)9-24-12-5-6-13(17)14(18)8-12/h3-8H,9H2,1-2H3,(H,19,20). The van der Waals surface area contributed by atoms with Crippen LogP contribution in [0.3, 0.4) is 0 Å². The van der Waals surface area contributed by atoms with Crippen LogP contribution in [0.25, 0.3) is 0 Å². The minimum Gasteiger partial charge on any atom is -0.496 e. The van der Waals surface area contributed by atoms with Gasteiger partial charge in [0.1, 0.15) is 18.1 Å². The van der Waals surface area contributed by atoms with Gasteiger partial charge >= 0.3 is 0 Å². The molecule has 0 aliphatic carbocycles. The highest BCUT2D eigenvalue weighted by molar-refractivity contribution is 7.89. The number of benzene rings is 2. The van der Waals surface area contributed by atoms with Crippen molar-refractivity contribution in [1.29, 1.82) is 0 Å². The molecule has 134 valence electrons. The molecule has 25 heavy (non-hydrogen) atoms. The molecule has 0 aliphatic rings. The fourth-order valence-electron chi connectivity index (χ4n) is 1.96. The van der Waals surface area contributed by atoms with Crippen LogP contribution in [0.5, 0.6) is 11.5 Å². The quantitative estimate of drug-likeness (QED) is 0.799. The summed E-state index contributed by atoms with van der Waals surface area (Å²) >= 11 is 11.8. The first-order chi connectivity index (χ1) is 11.7. The highest BCUT2D eigenvalue weighted by atomic mass is 35.5. The van der Waals surface area contributed by atoms with Crippen LogP contribution >= 0.6 is 23.2 Å². The van der Waals surface area contributed by atoms with E-state index >= 15 is 0 Å². The van der Waals surface area contributed by atoms with E-state index in [1.807, 2.05) is 4.72 Å². The van der Waals surface area contributed by atoms with Crippen molar-refractivity contribution in [3.8, 4) is 11.5 Å². The molecule has 0 atom stereocenters. The van der Waals surface area contributed by atoms with Crippen molar-refractivity contribution in [2.24, 2.45) is 0 Å². The summed E-state index contributed by atoms with van der Waals surface area (Å²) in [6.45, 7) is 0.162. The van der Waals surface area contributed by atoms with Crippen molar-refractivity contribution < 1.29 is 22.7 Å². The first-order valence-corrected chi connectivity index (χ1v) is 9.61. The molecule has 0 fully saturated rings. The number of amides is 1. The van der Waals surface area contributed by atoms with Crippen LogP contribution in [0.1, 0.15) is 15.9 Å². The zero-order chi connectivity index (χ0) is 18.6. The number of carbonyl (C=O) groups is 1. The number of hydrogen-bond donors (Lipinski definition) is 1. The maximum absolute atomic E-state index is 11.9. The molecule has 0 unspecified atom stereocenters. The normalized spacial score (nSPS) is 11.0. The smallest absolute Gasteiger partial charge is 0.264 e. The summed E-state index contributed by atoms with van der Waals surface area (Å²) in [6.07, 6.45) is 0.904. The van der Waals surface area contributed by atoms with Gasteiger partial charge in [0.05, 0.1) is 23.4 Å². The topological polar surface area (TPSA) is 81.7 Å². The Morgan fingerprint density at radius 3 is 2.44 bits per heavy atom. The Hall–Kier alpha value is -1.96. The molecule has 0 saturated carbocycles. The van der Waals surface area contributed by atoms with Gasteiger partial charge in [-0.3, -0.25) is 4.79 Å². The first-order valence-electron chi connectivity index (χ1n) is 6.96. The molecule has 2 rings (SSSR count). The summed E-state index contributed by atoms with van der Waals surface area (Å²) in [7, 11) is -2.20. The maximum atomic E-state index is 11.9. The van der Waals surface area contributed by atoms with Crippen LogP contribution in [0, 0.1) is 0 Å². The lowest BCUT2D eigenvalue weighted by atomic mass is 10.1. The van der Waals surface area contributed by atoms with Crippen LogP contribution in [0.4, 0.5) is 0 Å². The Balaban J connectivity index is 2.16. The zero-order valence-corrected chi connectivity index (χ0v) is 15.7. The van der Waals surface area contributed by atoms with E-state index in [9.17, 15) is 13.2 Å². The summed E-state index contributed by atoms with van der Waals surface area (Å²) in [6, 6.07) is 9.42. The predicted molar refractivity (Wildman–Crippen MR) is 96.1 cm³/mol. The van der Waals surface area contributed by atoms with Crippen molar-refractivity contribution in [3.63, 3.8) is 0 Å². The van der Waals surface area contributed by atoms with Crippen molar-refractivity contribution >= 4 is 39.1 Å². The van der Waals surface area contributed by atoms with Crippen LogP contribution in [-0.2, 0) is 16.6 Å². The van der Waals surface area contributed by atoms with Crippen LogP contribution < -0.4 is 14.2 Å². The minimum atomic E-state index is -3.64. The number of nitrogens with one attached hydrogen (secondary N) is 1. The number of ether oxygens (including phenoxy) is 2. The molecule has 1 N–H and O–H groups in total. The van der Waals surface area contributed by atoms with Gasteiger partial charge in [-0.1, -0.05) is 29.3 Å². The van der Waals surface area contributed by atoms with E-state index in [0.717, 1.165) is 6.26 Å². The lowest BCUT2D eigenvalue weighted by molar-refractivity contribution is 0.0981. The molecule has 9 heteroatoms. The van der Waals surface area contributed by atoms with Crippen LogP contribution in [0.15, 0.2) is 36.4 Å². The second-order valence-corrected chi connectivity index (χ2v) is 7.66. The third kappa shape index (κ3) is 5.52. The average molecular weight is 404 g/mol. The summed E-state index contributed by atoms with van der Waals surface area (Å²) in [5.74, 6) is 0.175. The minimum absolute atomic E-state index is 0.153. The van der Waals surface area contributed by atoms with E-state index in [-0.39, 0.29) is 12.2 Å². The Morgan fingerprint density at radius 1 is 1.12 bits per heavy atom. The van der Waals surface area contributed by atoms with Crippen LogP contribution in [0.2, 0.25) is 10.0 Å². The number of carbonyl (C=O) groups excluding carboxylic acids is 1. The van der Waals surface area contributed by atoms with Gasteiger partial charge in [-0.25, -0.2) is 13.1 Å². The maximum Gasteiger partial charge on any atom is 0.264 e. The summed E-state index contributed by atoms with van der Waals surface area (Å²) in [5, 5.41) is 0.798. The molecule has 1 amide bonds. The molecule has 0 saturated heterocycles. The van der Waals surface area contributed by atoms with Crippen molar-refractivity contribution in [3.05, 3.63) is 57.6 Å². The Morgan fingerprint density at radius 2 is 1.84 bits per heavy atom. The molecular weight excluding hydrogens is 389 g/mol. The predicted octanol–water partition coefficient (Wildman–Crippen LogP) is 3.27. The molecule has 0 spiro atoms. The number of sulfonamides is 1. The summed E-state index contributed by atoms with van der Waals surface area (Å²) in [5.41, 5.74) is 0.824. The average Bonchev–Trinajstić information content (AvgIpc) is 2.54. The summed E-state index contributed by atoms with van der Waals surface area (Å²) in [4.78, 5) is 11.9. The Kier molecular flexibility index (Phi) is 6.16. The fourth-order valence-corrected chi connectivity index (χ4v) is 2.70. The van der Waals surface area contributed by atoms with Crippen molar-refractivity contribution in [1.82, 2.24) is 4.72 Å². The molecule has 0 aromatic heterocycles. The lowest BCUT2D eigenvalue weighted by Crippen LogP contribution is -2.29.